The molecule has 0 amide bonds. The van der Waals surface area contributed by atoms with Crippen molar-refractivity contribution in [1.82, 2.24) is 14.5 Å². The smallest absolute Gasteiger partial charge is 0.380 e. The number of fused-ring (bicyclic) bond motifs is 7. The standard InChI is InChI=1S/C15H11N4O/c1-18-11-3-2-5-17-12(11)13-15(18)20-14-10-4-6-16-7-9(10)8-19(13)14/h2-7H,8H2,1H3/q+1. The number of rotatable bonds is 0. The van der Waals surface area contributed by atoms with Gasteiger partial charge >= 0.3 is 5.89 Å². The van der Waals surface area contributed by atoms with Crippen LogP contribution in [0.2, 0.25) is 0 Å². The maximum absolute atomic E-state index is 6.11. The first kappa shape index (κ1) is 10.1. The van der Waals surface area contributed by atoms with Crippen molar-refractivity contribution < 1.29 is 8.98 Å². The lowest BCUT2D eigenvalue weighted by atomic mass is 10.2. The van der Waals surface area contributed by atoms with Gasteiger partial charge in [0.2, 0.25) is 0 Å². The molecular weight excluding hydrogens is 252 g/mol. The van der Waals surface area contributed by atoms with Gasteiger partial charge < -0.3 is 8.98 Å². The van der Waals surface area contributed by atoms with Crippen molar-refractivity contribution in [3.63, 3.8) is 0 Å². The molecule has 1 aliphatic heterocycles. The van der Waals surface area contributed by atoms with Crippen molar-refractivity contribution in [3.05, 3.63) is 42.4 Å². The summed E-state index contributed by atoms with van der Waals surface area (Å²) in [6.07, 6.45) is 5.53. The van der Waals surface area contributed by atoms with Crippen LogP contribution in [-0.4, -0.2) is 14.5 Å². The van der Waals surface area contributed by atoms with Gasteiger partial charge in [0, 0.05) is 25.6 Å². The van der Waals surface area contributed by atoms with Gasteiger partial charge in [0.1, 0.15) is 0 Å². The fourth-order valence-corrected chi connectivity index (χ4v) is 3.11. The number of pyridine rings is 2. The summed E-state index contributed by atoms with van der Waals surface area (Å²) in [6.45, 7) is 0.793. The van der Waals surface area contributed by atoms with Crippen LogP contribution in [0.15, 0.2) is 41.2 Å². The van der Waals surface area contributed by atoms with E-state index in [4.69, 9.17) is 4.42 Å². The van der Waals surface area contributed by atoms with Crippen LogP contribution in [0.3, 0.4) is 0 Å². The number of nitrogens with zero attached hydrogens (tertiary/aromatic N) is 4. The average Bonchev–Trinajstić information content (AvgIpc) is 3.09. The Bertz CT molecular complexity index is 996. The van der Waals surface area contributed by atoms with Gasteiger partial charge in [0.25, 0.3) is 11.2 Å². The molecule has 0 bridgehead atoms. The predicted molar refractivity (Wildman–Crippen MR) is 73.0 cm³/mol. The Hall–Kier alpha value is -2.69. The topological polar surface area (TPSA) is 47.7 Å². The number of oxazole rings is 1. The fraction of sp³-hybridized carbons (Fsp3) is 0.133. The molecule has 0 aliphatic carbocycles. The minimum atomic E-state index is 0.793. The van der Waals surface area contributed by atoms with Gasteiger partial charge in [-0.2, -0.15) is 0 Å². The third-order valence-electron chi connectivity index (χ3n) is 4.05. The van der Waals surface area contributed by atoms with Crippen molar-refractivity contribution in [3.8, 4) is 11.5 Å². The Morgan fingerprint density at radius 2 is 2.25 bits per heavy atom. The second-order valence-electron chi connectivity index (χ2n) is 5.11. The van der Waals surface area contributed by atoms with Crippen LogP contribution in [0, 0.1) is 0 Å². The van der Waals surface area contributed by atoms with Crippen LogP contribution in [0.5, 0.6) is 0 Å². The van der Waals surface area contributed by atoms with E-state index >= 15 is 0 Å². The second kappa shape index (κ2) is 3.25. The minimum Gasteiger partial charge on any atom is -0.380 e. The summed E-state index contributed by atoms with van der Waals surface area (Å²) in [5.41, 5.74) is 6.33. The number of hydrogen-bond acceptors (Lipinski definition) is 3. The summed E-state index contributed by atoms with van der Waals surface area (Å²) >= 11 is 0. The van der Waals surface area contributed by atoms with Gasteiger partial charge in [-0.05, 0) is 18.2 Å². The molecule has 5 heteroatoms. The maximum Gasteiger partial charge on any atom is 0.383 e. The molecule has 0 atom stereocenters. The van der Waals surface area contributed by atoms with Crippen molar-refractivity contribution >= 4 is 22.3 Å². The van der Waals surface area contributed by atoms with E-state index in [0.717, 1.165) is 40.3 Å². The summed E-state index contributed by atoms with van der Waals surface area (Å²) in [6, 6.07) is 6.02. The molecule has 0 N–H and O–H groups in total. The van der Waals surface area contributed by atoms with Gasteiger partial charge in [-0.3, -0.25) is 4.98 Å². The first-order valence-corrected chi connectivity index (χ1v) is 6.53. The van der Waals surface area contributed by atoms with E-state index in [-0.39, 0.29) is 0 Å². The lowest BCUT2D eigenvalue weighted by Gasteiger charge is -1.93. The van der Waals surface area contributed by atoms with Gasteiger partial charge in [0.15, 0.2) is 12.1 Å². The number of aromatic nitrogens is 4. The largest absolute Gasteiger partial charge is 0.383 e. The minimum absolute atomic E-state index is 0.793. The highest BCUT2D eigenvalue weighted by molar-refractivity contribution is 5.99. The Balaban J connectivity index is 1.97. The highest BCUT2D eigenvalue weighted by Gasteiger charge is 2.37. The third-order valence-corrected chi connectivity index (χ3v) is 4.05. The number of hydrogen-bond donors (Lipinski definition) is 0. The average molecular weight is 263 g/mol. The van der Waals surface area contributed by atoms with E-state index < -0.39 is 0 Å². The summed E-state index contributed by atoms with van der Waals surface area (Å²) in [5.74, 6) is 0.899. The normalized spacial score (nSPS) is 13.1. The van der Waals surface area contributed by atoms with Crippen LogP contribution in [0.1, 0.15) is 5.56 Å². The maximum atomic E-state index is 6.11. The molecule has 4 aromatic heterocycles. The predicted octanol–water partition coefficient (Wildman–Crippen LogP) is 2.03. The SMILES string of the molecule is Cn1c2cccnc2c2c1oc1[n+]2Cc2cnccc2-1. The first-order valence-electron chi connectivity index (χ1n) is 6.53. The molecule has 0 saturated carbocycles. The molecule has 20 heavy (non-hydrogen) atoms. The van der Waals surface area contributed by atoms with E-state index in [1.807, 2.05) is 31.6 Å². The zero-order valence-electron chi connectivity index (χ0n) is 10.9. The molecule has 0 unspecified atom stereocenters. The highest BCUT2D eigenvalue weighted by atomic mass is 16.4. The van der Waals surface area contributed by atoms with Gasteiger partial charge in [-0.15, -0.1) is 4.57 Å². The summed E-state index contributed by atoms with van der Waals surface area (Å²) in [5, 5.41) is 0. The molecule has 5 nitrogen and oxygen atoms in total. The van der Waals surface area contributed by atoms with Crippen LogP contribution >= 0.6 is 0 Å². The third kappa shape index (κ3) is 1.02. The van der Waals surface area contributed by atoms with E-state index in [0.29, 0.717) is 0 Å². The summed E-state index contributed by atoms with van der Waals surface area (Å²) in [7, 11) is 2.01. The Kier molecular flexibility index (Phi) is 1.65. The lowest BCUT2D eigenvalue weighted by molar-refractivity contribution is -0.648. The molecule has 5 rings (SSSR count). The Morgan fingerprint density at radius 3 is 3.20 bits per heavy atom. The molecule has 0 spiro atoms. The number of aryl methyl sites for hydroxylation is 1. The fourth-order valence-electron chi connectivity index (χ4n) is 3.11. The zero-order chi connectivity index (χ0) is 13.3. The van der Waals surface area contributed by atoms with Crippen molar-refractivity contribution in [2.24, 2.45) is 7.05 Å². The van der Waals surface area contributed by atoms with Crippen molar-refractivity contribution in [1.29, 1.82) is 0 Å². The monoisotopic (exact) mass is 263 g/mol. The summed E-state index contributed by atoms with van der Waals surface area (Å²) < 4.78 is 10.4. The van der Waals surface area contributed by atoms with Crippen LogP contribution < -0.4 is 4.57 Å². The lowest BCUT2D eigenvalue weighted by Crippen LogP contribution is -2.30. The van der Waals surface area contributed by atoms with Gasteiger partial charge in [0.05, 0.1) is 16.6 Å². The molecular formula is C15H11N4O+. The summed E-state index contributed by atoms with van der Waals surface area (Å²) in [4.78, 5) is 8.72. The first-order chi connectivity index (χ1) is 9.84. The van der Waals surface area contributed by atoms with E-state index in [2.05, 4.69) is 25.2 Å². The highest BCUT2D eigenvalue weighted by Crippen LogP contribution is 2.33. The van der Waals surface area contributed by atoms with Gasteiger partial charge in [-0.1, -0.05) is 0 Å². The van der Waals surface area contributed by atoms with Gasteiger partial charge in [-0.25, -0.2) is 4.98 Å². The van der Waals surface area contributed by atoms with Crippen LogP contribution in [0.4, 0.5) is 0 Å². The molecule has 5 heterocycles. The molecule has 0 radical (unpaired) electrons. The molecule has 0 aromatic carbocycles. The molecule has 0 saturated heterocycles. The van der Waals surface area contributed by atoms with E-state index in [9.17, 15) is 0 Å². The van der Waals surface area contributed by atoms with Crippen molar-refractivity contribution in [2.75, 3.05) is 0 Å². The van der Waals surface area contributed by atoms with E-state index in [1.165, 1.54) is 5.56 Å². The van der Waals surface area contributed by atoms with Crippen molar-refractivity contribution in [2.45, 2.75) is 6.54 Å². The molecule has 0 fully saturated rings. The second-order valence-corrected chi connectivity index (χ2v) is 5.11. The molecule has 96 valence electrons. The van der Waals surface area contributed by atoms with Crippen LogP contribution in [0.25, 0.3) is 33.7 Å². The Labute approximate surface area is 114 Å². The quantitative estimate of drug-likeness (QED) is 0.402. The van der Waals surface area contributed by atoms with Crippen LogP contribution in [-0.2, 0) is 13.6 Å². The molecule has 4 aromatic rings. The zero-order valence-corrected chi connectivity index (χ0v) is 10.9. The van der Waals surface area contributed by atoms with E-state index in [1.54, 1.807) is 6.20 Å². The molecule has 1 aliphatic rings. The Morgan fingerprint density at radius 1 is 1.30 bits per heavy atom.